The van der Waals surface area contributed by atoms with Gasteiger partial charge in [-0.15, -0.1) is 0 Å². The number of nitrogens with two attached hydrogens (primary N) is 1. The average Bonchev–Trinajstić information content (AvgIpc) is 2.45. The molecular formula is C16H20N2O. The lowest BCUT2D eigenvalue weighted by molar-refractivity contribution is 0.300. The molecule has 0 bridgehead atoms. The Labute approximate surface area is 114 Å². The van der Waals surface area contributed by atoms with Gasteiger partial charge in [0.25, 0.3) is 0 Å². The van der Waals surface area contributed by atoms with Crippen LogP contribution in [0.4, 0.5) is 0 Å². The molecule has 1 aromatic carbocycles. The molecule has 0 aliphatic heterocycles. The maximum absolute atomic E-state index is 5.93. The molecule has 100 valence electrons. The fourth-order valence-corrected chi connectivity index (χ4v) is 2.03. The minimum Gasteiger partial charge on any atom is -0.489 e. The second-order valence-corrected chi connectivity index (χ2v) is 4.79. The molecule has 0 fully saturated rings. The Kier molecular flexibility index (Phi) is 4.53. The van der Waals surface area contributed by atoms with Crippen molar-refractivity contribution in [2.75, 3.05) is 0 Å². The first kappa shape index (κ1) is 13.6. The first-order valence-electron chi connectivity index (χ1n) is 6.57. The van der Waals surface area contributed by atoms with Crippen molar-refractivity contribution in [1.82, 2.24) is 4.98 Å². The summed E-state index contributed by atoms with van der Waals surface area (Å²) in [4.78, 5) is 4.26. The molecule has 0 saturated heterocycles. The summed E-state index contributed by atoms with van der Waals surface area (Å²) in [6.45, 7) is 5.27. The van der Waals surface area contributed by atoms with Crippen molar-refractivity contribution < 1.29 is 4.74 Å². The van der Waals surface area contributed by atoms with Crippen LogP contribution in [0, 0.1) is 0 Å². The van der Waals surface area contributed by atoms with Crippen molar-refractivity contribution in [2.45, 2.75) is 32.9 Å². The van der Waals surface area contributed by atoms with E-state index in [-0.39, 0.29) is 0 Å². The highest BCUT2D eigenvalue weighted by atomic mass is 16.5. The Morgan fingerprint density at radius 1 is 1.16 bits per heavy atom. The van der Waals surface area contributed by atoms with Crippen molar-refractivity contribution in [1.29, 1.82) is 0 Å². The van der Waals surface area contributed by atoms with E-state index in [0.717, 1.165) is 17.0 Å². The lowest BCUT2D eigenvalue weighted by Gasteiger charge is -2.14. The van der Waals surface area contributed by atoms with Gasteiger partial charge in [-0.3, -0.25) is 4.98 Å². The molecule has 2 N–H and O–H groups in total. The van der Waals surface area contributed by atoms with Crippen LogP contribution in [-0.4, -0.2) is 4.98 Å². The topological polar surface area (TPSA) is 48.1 Å². The monoisotopic (exact) mass is 256 g/mol. The summed E-state index contributed by atoms with van der Waals surface area (Å²) in [6, 6.07) is 12.1. The SMILES string of the molecule is CC(C)c1ccccc1OCc1cccnc1CN. The van der Waals surface area contributed by atoms with Gasteiger partial charge >= 0.3 is 0 Å². The number of hydrogen-bond acceptors (Lipinski definition) is 3. The number of aromatic nitrogens is 1. The normalized spacial score (nSPS) is 10.7. The van der Waals surface area contributed by atoms with Crippen LogP contribution in [0.1, 0.15) is 36.6 Å². The van der Waals surface area contributed by atoms with E-state index >= 15 is 0 Å². The Morgan fingerprint density at radius 2 is 1.95 bits per heavy atom. The van der Waals surface area contributed by atoms with Gasteiger partial charge in [-0.05, 0) is 23.6 Å². The predicted octanol–water partition coefficient (Wildman–Crippen LogP) is 3.24. The van der Waals surface area contributed by atoms with Crippen LogP contribution in [0.15, 0.2) is 42.6 Å². The zero-order chi connectivity index (χ0) is 13.7. The first-order valence-corrected chi connectivity index (χ1v) is 6.57. The fraction of sp³-hybridized carbons (Fsp3) is 0.312. The number of pyridine rings is 1. The largest absolute Gasteiger partial charge is 0.489 e. The summed E-state index contributed by atoms with van der Waals surface area (Å²) in [6.07, 6.45) is 1.76. The van der Waals surface area contributed by atoms with Gasteiger partial charge in [-0.1, -0.05) is 38.1 Å². The molecule has 0 atom stereocenters. The first-order chi connectivity index (χ1) is 9.22. The lowest BCUT2D eigenvalue weighted by atomic mass is 10.0. The highest BCUT2D eigenvalue weighted by Crippen LogP contribution is 2.26. The van der Waals surface area contributed by atoms with E-state index < -0.39 is 0 Å². The van der Waals surface area contributed by atoms with Crippen molar-refractivity contribution in [3.63, 3.8) is 0 Å². The Bertz CT molecular complexity index is 538. The van der Waals surface area contributed by atoms with E-state index in [9.17, 15) is 0 Å². The minimum absolute atomic E-state index is 0.436. The Hall–Kier alpha value is -1.87. The number of para-hydroxylation sites is 1. The van der Waals surface area contributed by atoms with Crippen LogP contribution >= 0.6 is 0 Å². The quantitative estimate of drug-likeness (QED) is 0.893. The van der Waals surface area contributed by atoms with Gasteiger partial charge in [0.1, 0.15) is 12.4 Å². The summed E-state index contributed by atoms with van der Waals surface area (Å²) in [5.74, 6) is 1.38. The van der Waals surface area contributed by atoms with Crippen molar-refractivity contribution in [3.8, 4) is 5.75 Å². The number of hydrogen-bond donors (Lipinski definition) is 1. The van der Waals surface area contributed by atoms with Crippen LogP contribution in [0.25, 0.3) is 0 Å². The molecule has 0 unspecified atom stereocenters. The third-order valence-electron chi connectivity index (χ3n) is 3.10. The molecule has 2 rings (SSSR count). The van der Waals surface area contributed by atoms with E-state index in [4.69, 9.17) is 10.5 Å². The van der Waals surface area contributed by atoms with Gasteiger partial charge in [0.15, 0.2) is 0 Å². The second-order valence-electron chi connectivity index (χ2n) is 4.79. The van der Waals surface area contributed by atoms with Gasteiger partial charge < -0.3 is 10.5 Å². The molecular weight excluding hydrogens is 236 g/mol. The van der Waals surface area contributed by atoms with Gasteiger partial charge in [0, 0.05) is 18.3 Å². The number of rotatable bonds is 5. The summed E-state index contributed by atoms with van der Waals surface area (Å²) in [5.41, 5.74) is 8.84. The highest BCUT2D eigenvalue weighted by Gasteiger charge is 2.08. The Morgan fingerprint density at radius 3 is 2.68 bits per heavy atom. The summed E-state index contributed by atoms with van der Waals surface area (Å²) >= 11 is 0. The molecule has 0 spiro atoms. The molecule has 0 amide bonds. The summed E-state index contributed by atoms with van der Waals surface area (Å²) in [7, 11) is 0. The molecule has 0 radical (unpaired) electrons. The maximum Gasteiger partial charge on any atom is 0.123 e. The molecule has 2 aromatic rings. The second kappa shape index (κ2) is 6.34. The highest BCUT2D eigenvalue weighted by molar-refractivity contribution is 5.36. The third-order valence-corrected chi connectivity index (χ3v) is 3.10. The van der Waals surface area contributed by atoms with Crippen LogP contribution < -0.4 is 10.5 Å². The summed E-state index contributed by atoms with van der Waals surface area (Å²) < 4.78 is 5.93. The fourth-order valence-electron chi connectivity index (χ4n) is 2.03. The zero-order valence-corrected chi connectivity index (χ0v) is 11.5. The molecule has 1 heterocycles. The van der Waals surface area contributed by atoms with E-state index in [1.807, 2.05) is 30.3 Å². The zero-order valence-electron chi connectivity index (χ0n) is 11.5. The lowest BCUT2D eigenvalue weighted by Crippen LogP contribution is -2.07. The molecule has 3 nitrogen and oxygen atoms in total. The smallest absolute Gasteiger partial charge is 0.123 e. The van der Waals surface area contributed by atoms with Crippen LogP contribution in [0.3, 0.4) is 0 Å². The van der Waals surface area contributed by atoms with Gasteiger partial charge in [-0.2, -0.15) is 0 Å². The van der Waals surface area contributed by atoms with E-state index in [0.29, 0.717) is 19.1 Å². The van der Waals surface area contributed by atoms with Crippen LogP contribution in [0.2, 0.25) is 0 Å². The average molecular weight is 256 g/mol. The van der Waals surface area contributed by atoms with E-state index in [1.165, 1.54) is 5.56 Å². The molecule has 19 heavy (non-hydrogen) atoms. The van der Waals surface area contributed by atoms with Crippen LogP contribution in [0.5, 0.6) is 5.75 Å². The molecule has 3 heteroatoms. The molecule has 1 aromatic heterocycles. The van der Waals surface area contributed by atoms with Gasteiger partial charge in [0.2, 0.25) is 0 Å². The van der Waals surface area contributed by atoms with Crippen molar-refractivity contribution in [2.24, 2.45) is 5.73 Å². The van der Waals surface area contributed by atoms with Gasteiger partial charge in [0.05, 0.1) is 5.69 Å². The Balaban J connectivity index is 2.15. The van der Waals surface area contributed by atoms with Crippen LogP contribution in [-0.2, 0) is 13.2 Å². The number of ether oxygens (including phenoxy) is 1. The van der Waals surface area contributed by atoms with E-state index in [2.05, 4.69) is 24.9 Å². The molecule has 0 saturated carbocycles. The molecule has 0 aliphatic carbocycles. The summed E-state index contributed by atoms with van der Waals surface area (Å²) in [5, 5.41) is 0. The maximum atomic E-state index is 5.93. The van der Waals surface area contributed by atoms with Crippen molar-refractivity contribution >= 4 is 0 Å². The number of benzene rings is 1. The molecule has 0 aliphatic rings. The van der Waals surface area contributed by atoms with E-state index in [1.54, 1.807) is 6.20 Å². The predicted molar refractivity (Wildman–Crippen MR) is 77.0 cm³/mol. The van der Waals surface area contributed by atoms with Crippen molar-refractivity contribution in [3.05, 3.63) is 59.4 Å². The van der Waals surface area contributed by atoms with Gasteiger partial charge in [-0.25, -0.2) is 0 Å². The minimum atomic E-state index is 0.436. The third kappa shape index (κ3) is 3.32. The standard InChI is InChI=1S/C16H20N2O/c1-12(2)14-7-3-4-8-16(14)19-11-13-6-5-9-18-15(13)10-17/h3-9,12H,10-11,17H2,1-2H3. The number of nitrogens with zero attached hydrogens (tertiary/aromatic N) is 1.